The number of esters is 1. The van der Waals surface area contributed by atoms with Gasteiger partial charge in [0.2, 0.25) is 5.91 Å². The van der Waals surface area contributed by atoms with Crippen LogP contribution in [0.2, 0.25) is 0 Å². The lowest BCUT2D eigenvalue weighted by molar-refractivity contribution is -0.131. The van der Waals surface area contributed by atoms with Gasteiger partial charge in [-0.15, -0.1) is 11.3 Å². The van der Waals surface area contributed by atoms with Crippen molar-refractivity contribution in [2.75, 3.05) is 19.7 Å². The highest BCUT2D eigenvalue weighted by Gasteiger charge is 2.18. The van der Waals surface area contributed by atoms with Crippen molar-refractivity contribution in [1.82, 2.24) is 9.88 Å². The SMILES string of the molecule is Cc1ncsc1C(=O)OCCN1CCCCCC1=O. The molecule has 1 fully saturated rings. The molecule has 1 aromatic rings. The maximum absolute atomic E-state index is 11.8. The molecule has 1 amide bonds. The minimum absolute atomic E-state index is 0.169. The fourth-order valence-corrected chi connectivity index (χ4v) is 2.78. The van der Waals surface area contributed by atoms with Gasteiger partial charge in [-0.3, -0.25) is 4.79 Å². The van der Waals surface area contributed by atoms with Crippen LogP contribution < -0.4 is 0 Å². The summed E-state index contributed by atoms with van der Waals surface area (Å²) in [7, 11) is 0. The van der Waals surface area contributed by atoms with Gasteiger partial charge in [-0.1, -0.05) is 6.42 Å². The Morgan fingerprint density at radius 3 is 3.05 bits per heavy atom. The number of aromatic nitrogens is 1. The molecular formula is C13H18N2O3S. The molecule has 0 aliphatic carbocycles. The lowest BCUT2D eigenvalue weighted by atomic mass is 10.2. The Bertz CT molecular complexity index is 458. The summed E-state index contributed by atoms with van der Waals surface area (Å²) in [5.41, 5.74) is 2.32. The number of carbonyl (C=O) groups is 2. The van der Waals surface area contributed by atoms with Crippen LogP contribution in [0.5, 0.6) is 0 Å². The minimum Gasteiger partial charge on any atom is -0.460 e. The van der Waals surface area contributed by atoms with Gasteiger partial charge in [0.1, 0.15) is 11.5 Å². The van der Waals surface area contributed by atoms with Gasteiger partial charge in [0.15, 0.2) is 0 Å². The van der Waals surface area contributed by atoms with Gasteiger partial charge in [0.25, 0.3) is 0 Å². The van der Waals surface area contributed by atoms with E-state index >= 15 is 0 Å². The second-order valence-corrected chi connectivity index (χ2v) is 5.45. The van der Waals surface area contributed by atoms with Gasteiger partial charge in [-0.2, -0.15) is 0 Å². The third-order valence-corrected chi connectivity index (χ3v) is 4.11. The Morgan fingerprint density at radius 1 is 1.47 bits per heavy atom. The van der Waals surface area contributed by atoms with Crippen LogP contribution in [-0.2, 0) is 9.53 Å². The molecule has 1 aliphatic rings. The van der Waals surface area contributed by atoms with Gasteiger partial charge in [0, 0.05) is 13.0 Å². The van der Waals surface area contributed by atoms with Crippen LogP contribution in [0, 0.1) is 6.92 Å². The molecule has 0 spiro atoms. The molecule has 1 saturated heterocycles. The zero-order chi connectivity index (χ0) is 13.7. The second kappa shape index (κ2) is 6.65. The van der Waals surface area contributed by atoms with E-state index in [-0.39, 0.29) is 18.5 Å². The Morgan fingerprint density at radius 2 is 2.32 bits per heavy atom. The van der Waals surface area contributed by atoms with Crippen LogP contribution in [0.4, 0.5) is 0 Å². The van der Waals surface area contributed by atoms with E-state index in [0.29, 0.717) is 23.5 Å². The summed E-state index contributed by atoms with van der Waals surface area (Å²) in [5.74, 6) is -0.176. The van der Waals surface area contributed by atoms with E-state index in [0.717, 1.165) is 25.8 Å². The van der Waals surface area contributed by atoms with Gasteiger partial charge in [-0.25, -0.2) is 9.78 Å². The van der Waals surface area contributed by atoms with Crippen molar-refractivity contribution in [2.45, 2.75) is 32.6 Å². The lowest BCUT2D eigenvalue weighted by Crippen LogP contribution is -2.33. The summed E-state index contributed by atoms with van der Waals surface area (Å²) in [5, 5.41) is 0. The first kappa shape index (κ1) is 14.0. The largest absolute Gasteiger partial charge is 0.460 e. The van der Waals surface area contributed by atoms with Crippen molar-refractivity contribution in [1.29, 1.82) is 0 Å². The molecule has 0 unspecified atom stereocenters. The summed E-state index contributed by atoms with van der Waals surface area (Å²) in [4.78, 5) is 29.9. The quantitative estimate of drug-likeness (QED) is 0.793. The van der Waals surface area contributed by atoms with Gasteiger partial charge >= 0.3 is 5.97 Å². The molecule has 6 heteroatoms. The molecule has 1 aliphatic heterocycles. The maximum atomic E-state index is 11.8. The van der Waals surface area contributed by atoms with Gasteiger partial charge in [-0.05, 0) is 19.8 Å². The zero-order valence-corrected chi connectivity index (χ0v) is 11.9. The number of hydrogen-bond acceptors (Lipinski definition) is 5. The third-order valence-electron chi connectivity index (χ3n) is 3.20. The van der Waals surface area contributed by atoms with E-state index in [9.17, 15) is 9.59 Å². The highest BCUT2D eigenvalue weighted by atomic mass is 32.1. The number of amides is 1. The summed E-state index contributed by atoms with van der Waals surface area (Å²) in [6.45, 7) is 3.30. The van der Waals surface area contributed by atoms with Gasteiger partial charge < -0.3 is 9.64 Å². The molecule has 0 N–H and O–H groups in total. The van der Waals surface area contributed by atoms with Crippen molar-refractivity contribution in [3.63, 3.8) is 0 Å². The predicted molar refractivity (Wildman–Crippen MR) is 72.2 cm³/mol. The second-order valence-electron chi connectivity index (χ2n) is 4.59. The third kappa shape index (κ3) is 3.76. The standard InChI is InChI=1S/C13H18N2O3S/c1-10-12(19-9-14-10)13(17)18-8-7-15-6-4-2-3-5-11(15)16/h9H,2-8H2,1H3. The number of likely N-dealkylation sites (tertiary alicyclic amines) is 1. The first-order valence-electron chi connectivity index (χ1n) is 6.53. The van der Waals surface area contributed by atoms with Crippen LogP contribution in [0.15, 0.2) is 5.51 Å². The van der Waals surface area contributed by atoms with Crippen molar-refractivity contribution in [3.8, 4) is 0 Å². The Hall–Kier alpha value is -1.43. The predicted octanol–water partition coefficient (Wildman–Crippen LogP) is 2.01. The number of thiazole rings is 1. The summed E-state index contributed by atoms with van der Waals surface area (Å²) < 4.78 is 5.20. The first-order chi connectivity index (χ1) is 9.18. The van der Waals surface area contributed by atoms with Crippen LogP contribution in [0.3, 0.4) is 0 Å². The first-order valence-corrected chi connectivity index (χ1v) is 7.41. The molecule has 5 nitrogen and oxygen atoms in total. The summed E-state index contributed by atoms with van der Waals surface area (Å²) >= 11 is 1.28. The average Bonchev–Trinajstić information content (AvgIpc) is 2.71. The number of aryl methyl sites for hydroxylation is 1. The number of nitrogens with zero attached hydrogens (tertiary/aromatic N) is 2. The minimum atomic E-state index is -0.345. The molecule has 1 aromatic heterocycles. The molecule has 2 rings (SSSR count). The van der Waals surface area contributed by atoms with E-state index in [4.69, 9.17) is 4.74 Å². The zero-order valence-electron chi connectivity index (χ0n) is 11.1. The van der Waals surface area contributed by atoms with E-state index in [1.807, 2.05) is 0 Å². The fourth-order valence-electron chi connectivity index (χ4n) is 2.09. The van der Waals surface area contributed by atoms with Crippen LogP contribution >= 0.6 is 11.3 Å². The number of hydrogen-bond donors (Lipinski definition) is 0. The Kier molecular flexibility index (Phi) is 4.90. The molecular weight excluding hydrogens is 264 g/mol. The smallest absolute Gasteiger partial charge is 0.350 e. The topological polar surface area (TPSA) is 59.5 Å². The van der Waals surface area contributed by atoms with Crippen LogP contribution in [-0.4, -0.2) is 41.5 Å². The normalized spacial score (nSPS) is 16.3. The molecule has 19 heavy (non-hydrogen) atoms. The van der Waals surface area contributed by atoms with Crippen molar-refractivity contribution in [2.24, 2.45) is 0 Å². The monoisotopic (exact) mass is 282 g/mol. The van der Waals surface area contributed by atoms with Crippen molar-refractivity contribution >= 4 is 23.2 Å². The number of ether oxygens (including phenoxy) is 1. The fraction of sp³-hybridized carbons (Fsp3) is 0.615. The molecule has 0 radical (unpaired) electrons. The van der Waals surface area contributed by atoms with E-state index in [2.05, 4.69) is 4.98 Å². The summed E-state index contributed by atoms with van der Waals surface area (Å²) in [6, 6.07) is 0. The molecule has 104 valence electrons. The lowest BCUT2D eigenvalue weighted by Gasteiger charge is -2.19. The molecule has 0 bridgehead atoms. The van der Waals surface area contributed by atoms with E-state index < -0.39 is 0 Å². The maximum Gasteiger partial charge on any atom is 0.350 e. The molecule has 0 aromatic carbocycles. The van der Waals surface area contributed by atoms with Crippen molar-refractivity contribution < 1.29 is 14.3 Å². The summed E-state index contributed by atoms with van der Waals surface area (Å²) in [6.07, 6.45) is 3.72. The van der Waals surface area contributed by atoms with Crippen LogP contribution in [0.1, 0.15) is 41.0 Å². The molecule has 0 atom stereocenters. The van der Waals surface area contributed by atoms with E-state index in [1.165, 1.54) is 11.3 Å². The average molecular weight is 282 g/mol. The highest BCUT2D eigenvalue weighted by molar-refractivity contribution is 7.11. The van der Waals surface area contributed by atoms with Crippen molar-refractivity contribution in [3.05, 3.63) is 16.1 Å². The molecule has 2 heterocycles. The Balaban J connectivity index is 1.78. The van der Waals surface area contributed by atoms with E-state index in [1.54, 1.807) is 17.3 Å². The number of carbonyl (C=O) groups excluding carboxylic acids is 2. The van der Waals surface area contributed by atoms with Gasteiger partial charge in [0.05, 0.1) is 17.7 Å². The highest BCUT2D eigenvalue weighted by Crippen LogP contribution is 2.14. The Labute approximate surface area is 116 Å². The van der Waals surface area contributed by atoms with Crippen LogP contribution in [0.25, 0.3) is 0 Å². The number of rotatable bonds is 4. The molecule has 0 saturated carbocycles.